The molecule has 0 radical (unpaired) electrons. The van der Waals surface area contributed by atoms with Crippen LogP contribution in [0.2, 0.25) is 0 Å². The first-order chi connectivity index (χ1) is 12.5. The SMILES string of the molecule is CC(=O)CN(CC[NH+](CCN(CC(=O)O)CC(=O)O)CC(=O)O)CC(=O)O. The first kappa shape index (κ1) is 24.4. The van der Waals surface area contributed by atoms with E-state index in [0.717, 1.165) is 4.90 Å². The molecule has 1 unspecified atom stereocenters. The number of carboxylic acid groups (broad SMARTS) is 4. The standard InChI is InChI=1S/C15H25N3O9/c1-11(19)6-17(8-13(22)23)4-2-16(7-12(20)21)3-5-18(9-14(24)25)10-15(26)27/h2-10H2,1H3,(H,20,21)(H,22,23)(H,24,25)(H,26,27)/p+1. The van der Waals surface area contributed by atoms with Gasteiger partial charge in [0, 0.05) is 13.1 Å². The van der Waals surface area contributed by atoms with Crippen molar-refractivity contribution in [3.8, 4) is 0 Å². The molecule has 0 aliphatic carbocycles. The molecule has 0 fully saturated rings. The van der Waals surface area contributed by atoms with E-state index in [1.807, 2.05) is 0 Å². The number of rotatable bonds is 16. The van der Waals surface area contributed by atoms with Crippen LogP contribution in [0.4, 0.5) is 0 Å². The summed E-state index contributed by atoms with van der Waals surface area (Å²) in [6, 6.07) is 0. The summed E-state index contributed by atoms with van der Waals surface area (Å²) in [4.78, 5) is 57.8. The van der Waals surface area contributed by atoms with Gasteiger partial charge in [0.15, 0.2) is 6.54 Å². The lowest BCUT2D eigenvalue weighted by molar-refractivity contribution is -0.891. The van der Waals surface area contributed by atoms with E-state index in [4.69, 9.17) is 20.4 Å². The molecule has 154 valence electrons. The first-order valence-corrected chi connectivity index (χ1v) is 8.14. The minimum absolute atomic E-state index is 0.0346. The lowest BCUT2D eigenvalue weighted by Crippen LogP contribution is -3.14. The molecular formula is C15H26N3O9+. The largest absolute Gasteiger partial charge is 0.480 e. The van der Waals surface area contributed by atoms with Gasteiger partial charge in [-0.05, 0) is 6.92 Å². The number of carboxylic acids is 4. The number of carbonyl (C=O) groups is 5. The normalized spacial score (nSPS) is 12.1. The predicted octanol–water partition coefficient (Wildman–Crippen LogP) is -3.60. The molecule has 0 aromatic heterocycles. The first-order valence-electron chi connectivity index (χ1n) is 8.14. The van der Waals surface area contributed by atoms with Crippen molar-refractivity contribution in [2.45, 2.75) is 6.92 Å². The summed E-state index contributed by atoms with van der Waals surface area (Å²) in [5.41, 5.74) is 0. The molecule has 0 rings (SSSR count). The summed E-state index contributed by atoms with van der Waals surface area (Å²) in [6.45, 7) is 0.0698. The molecule has 12 heteroatoms. The van der Waals surface area contributed by atoms with Gasteiger partial charge in [-0.1, -0.05) is 0 Å². The Morgan fingerprint density at radius 1 is 0.667 bits per heavy atom. The number of Topliss-reactive ketones (excluding diaryl/α,β-unsaturated/α-hetero) is 1. The summed E-state index contributed by atoms with van der Waals surface area (Å²) < 4.78 is 0. The zero-order chi connectivity index (χ0) is 21.0. The average Bonchev–Trinajstić information content (AvgIpc) is 2.46. The van der Waals surface area contributed by atoms with Gasteiger partial charge in [-0.2, -0.15) is 0 Å². The van der Waals surface area contributed by atoms with Gasteiger partial charge >= 0.3 is 23.9 Å². The number of aliphatic carboxylic acids is 4. The second kappa shape index (κ2) is 12.7. The second-order valence-electron chi connectivity index (χ2n) is 6.13. The highest BCUT2D eigenvalue weighted by molar-refractivity contribution is 5.78. The zero-order valence-corrected chi connectivity index (χ0v) is 15.1. The van der Waals surface area contributed by atoms with Gasteiger partial charge in [-0.15, -0.1) is 0 Å². The van der Waals surface area contributed by atoms with Gasteiger partial charge < -0.3 is 25.3 Å². The fourth-order valence-corrected chi connectivity index (χ4v) is 2.46. The topological polar surface area (TPSA) is 177 Å². The number of hydrogen-bond acceptors (Lipinski definition) is 7. The summed E-state index contributed by atoms with van der Waals surface area (Å²) in [7, 11) is 0. The monoisotopic (exact) mass is 392 g/mol. The summed E-state index contributed by atoms with van der Waals surface area (Å²) in [5.74, 6) is -4.87. The molecular weight excluding hydrogens is 366 g/mol. The number of carbonyl (C=O) groups excluding carboxylic acids is 1. The van der Waals surface area contributed by atoms with Crippen LogP contribution >= 0.6 is 0 Å². The van der Waals surface area contributed by atoms with Crippen molar-refractivity contribution in [3.63, 3.8) is 0 Å². The Morgan fingerprint density at radius 3 is 1.33 bits per heavy atom. The van der Waals surface area contributed by atoms with Crippen LogP contribution in [0.3, 0.4) is 0 Å². The summed E-state index contributed by atoms with van der Waals surface area (Å²) >= 11 is 0. The maximum atomic E-state index is 11.2. The maximum absolute atomic E-state index is 11.2. The van der Waals surface area contributed by atoms with Gasteiger partial charge in [-0.25, -0.2) is 4.79 Å². The summed E-state index contributed by atoms with van der Waals surface area (Å²) in [5, 5.41) is 35.5. The Kier molecular flexibility index (Phi) is 11.5. The fraction of sp³-hybridized carbons (Fsp3) is 0.667. The highest BCUT2D eigenvalue weighted by Crippen LogP contribution is 1.89. The highest BCUT2D eigenvalue weighted by atomic mass is 16.4. The van der Waals surface area contributed by atoms with Crippen LogP contribution in [0, 0.1) is 0 Å². The Morgan fingerprint density at radius 2 is 1.04 bits per heavy atom. The third-order valence-corrected chi connectivity index (χ3v) is 3.49. The Bertz CT molecular complexity index is 481. The zero-order valence-electron chi connectivity index (χ0n) is 15.1. The van der Waals surface area contributed by atoms with E-state index in [2.05, 4.69) is 0 Å². The van der Waals surface area contributed by atoms with E-state index in [1.54, 1.807) is 0 Å². The van der Waals surface area contributed by atoms with Crippen molar-refractivity contribution in [2.24, 2.45) is 0 Å². The molecule has 27 heavy (non-hydrogen) atoms. The van der Waals surface area contributed by atoms with Crippen molar-refractivity contribution in [2.75, 3.05) is 58.9 Å². The van der Waals surface area contributed by atoms with Crippen LogP contribution in [0.5, 0.6) is 0 Å². The van der Waals surface area contributed by atoms with Crippen LogP contribution in [0.25, 0.3) is 0 Å². The number of ketones is 1. The minimum atomic E-state index is -1.20. The molecule has 0 aliphatic heterocycles. The lowest BCUT2D eigenvalue weighted by atomic mass is 10.3. The van der Waals surface area contributed by atoms with Crippen molar-refractivity contribution < 1.29 is 49.3 Å². The molecule has 0 aromatic rings. The van der Waals surface area contributed by atoms with Gasteiger partial charge in [0.25, 0.3) is 0 Å². The Hall–Kier alpha value is -2.57. The molecule has 0 saturated heterocycles. The molecule has 5 N–H and O–H groups in total. The quantitative estimate of drug-likeness (QED) is 0.175. The smallest absolute Gasteiger partial charge is 0.359 e. The van der Waals surface area contributed by atoms with E-state index in [-0.39, 0.29) is 51.6 Å². The molecule has 0 spiro atoms. The van der Waals surface area contributed by atoms with Crippen molar-refractivity contribution in [1.29, 1.82) is 0 Å². The average molecular weight is 392 g/mol. The van der Waals surface area contributed by atoms with Gasteiger partial charge in [0.05, 0.1) is 39.3 Å². The van der Waals surface area contributed by atoms with E-state index in [0.29, 0.717) is 4.90 Å². The van der Waals surface area contributed by atoms with Crippen molar-refractivity contribution in [3.05, 3.63) is 0 Å². The Balaban J connectivity index is 4.85. The fourth-order valence-electron chi connectivity index (χ4n) is 2.46. The molecule has 0 bridgehead atoms. The number of hydrogen-bond donors (Lipinski definition) is 5. The molecule has 0 aromatic carbocycles. The van der Waals surface area contributed by atoms with E-state index in [1.165, 1.54) is 11.8 Å². The van der Waals surface area contributed by atoms with Crippen LogP contribution in [0.1, 0.15) is 6.92 Å². The van der Waals surface area contributed by atoms with Crippen molar-refractivity contribution >= 4 is 29.7 Å². The van der Waals surface area contributed by atoms with Gasteiger partial charge in [0.1, 0.15) is 5.78 Å². The van der Waals surface area contributed by atoms with Crippen LogP contribution in [-0.4, -0.2) is 119 Å². The van der Waals surface area contributed by atoms with E-state index >= 15 is 0 Å². The molecule has 12 nitrogen and oxygen atoms in total. The van der Waals surface area contributed by atoms with Gasteiger partial charge in [-0.3, -0.25) is 29.0 Å². The highest BCUT2D eigenvalue weighted by Gasteiger charge is 2.20. The maximum Gasteiger partial charge on any atom is 0.359 e. The van der Waals surface area contributed by atoms with E-state index < -0.39 is 37.0 Å². The molecule has 0 amide bonds. The van der Waals surface area contributed by atoms with Crippen LogP contribution in [0.15, 0.2) is 0 Å². The predicted molar refractivity (Wildman–Crippen MR) is 89.7 cm³/mol. The number of nitrogens with zero attached hydrogens (tertiary/aromatic N) is 2. The summed E-state index contributed by atoms with van der Waals surface area (Å²) in [6.07, 6.45) is 0. The second-order valence-corrected chi connectivity index (χ2v) is 6.13. The molecule has 1 atom stereocenters. The third kappa shape index (κ3) is 14.3. The third-order valence-electron chi connectivity index (χ3n) is 3.49. The Labute approximate surface area is 155 Å². The van der Waals surface area contributed by atoms with Crippen molar-refractivity contribution in [1.82, 2.24) is 9.80 Å². The molecule has 0 aliphatic rings. The molecule has 0 saturated carbocycles. The van der Waals surface area contributed by atoms with Crippen LogP contribution in [-0.2, 0) is 24.0 Å². The van der Waals surface area contributed by atoms with Crippen LogP contribution < -0.4 is 4.90 Å². The van der Waals surface area contributed by atoms with E-state index in [9.17, 15) is 24.0 Å². The number of nitrogens with one attached hydrogen (secondary N) is 1. The molecule has 0 heterocycles. The lowest BCUT2D eigenvalue weighted by Gasteiger charge is -2.25. The number of quaternary nitrogens is 1. The van der Waals surface area contributed by atoms with Gasteiger partial charge in [0.2, 0.25) is 0 Å². The minimum Gasteiger partial charge on any atom is -0.480 e.